The van der Waals surface area contributed by atoms with Gasteiger partial charge in [-0.1, -0.05) is 0 Å². The Morgan fingerprint density at radius 1 is 1.17 bits per heavy atom. The minimum atomic E-state index is -0.345. The van der Waals surface area contributed by atoms with E-state index < -0.39 is 0 Å². The molecule has 0 radical (unpaired) electrons. The number of rotatable bonds is 1. The van der Waals surface area contributed by atoms with Gasteiger partial charge >= 0.3 is 5.97 Å². The first-order valence-electron chi connectivity index (χ1n) is 5.95. The normalized spacial score (nSPS) is 16.3. The van der Waals surface area contributed by atoms with Crippen LogP contribution in [-0.4, -0.2) is 19.9 Å². The van der Waals surface area contributed by atoms with Crippen molar-refractivity contribution in [1.29, 1.82) is 0 Å². The Kier molecular flexibility index (Phi) is 2.93. The highest BCUT2D eigenvalue weighted by Gasteiger charge is 2.33. The fourth-order valence-corrected chi connectivity index (χ4v) is 3.37. The molecule has 1 aliphatic heterocycles. The lowest BCUT2D eigenvalue weighted by atomic mass is 9.87. The molecule has 3 rings (SSSR count). The molecule has 0 bridgehead atoms. The molecule has 0 spiro atoms. The lowest BCUT2D eigenvalue weighted by Crippen LogP contribution is -2.13. The third kappa shape index (κ3) is 1.61. The maximum absolute atomic E-state index is 12.0. The van der Waals surface area contributed by atoms with Crippen LogP contribution in [0.4, 0.5) is 0 Å². The molecule has 96 valence electrons. The third-order valence-corrected chi connectivity index (χ3v) is 4.30. The molecule has 5 heteroatoms. The van der Waals surface area contributed by atoms with Crippen LogP contribution in [0.2, 0.25) is 0 Å². The molecule has 0 aromatic heterocycles. The second-order valence-electron chi connectivity index (χ2n) is 4.41. The molecule has 1 aromatic carbocycles. The molecule has 0 fully saturated rings. The highest BCUT2D eigenvalue weighted by molar-refractivity contribution is 9.10. The Bertz CT molecular complexity index is 524. The van der Waals surface area contributed by atoms with E-state index in [4.69, 9.17) is 14.2 Å². The zero-order chi connectivity index (χ0) is 12.7. The number of carbonyl (C=O) groups excluding carboxylic acids is 1. The minimum Gasteiger partial charge on any atom is -0.465 e. The van der Waals surface area contributed by atoms with Crippen molar-refractivity contribution in [3.8, 4) is 11.5 Å². The predicted octanol–water partition coefficient (Wildman–Crippen LogP) is 2.84. The van der Waals surface area contributed by atoms with Gasteiger partial charge in [0.25, 0.3) is 0 Å². The molecule has 4 nitrogen and oxygen atoms in total. The summed E-state index contributed by atoms with van der Waals surface area (Å²) in [5, 5.41) is 0. The average molecular weight is 313 g/mol. The van der Waals surface area contributed by atoms with E-state index in [-0.39, 0.29) is 12.8 Å². The van der Waals surface area contributed by atoms with Gasteiger partial charge in [0.2, 0.25) is 6.79 Å². The molecule has 0 N–H and O–H groups in total. The Balaban J connectivity index is 2.28. The molecule has 1 aromatic rings. The van der Waals surface area contributed by atoms with Crippen LogP contribution in [0.5, 0.6) is 11.5 Å². The zero-order valence-corrected chi connectivity index (χ0v) is 11.6. The SMILES string of the molecule is COC(=O)c1c2c(c(Br)c3c1OCO3)CCCC2. The number of esters is 1. The summed E-state index contributed by atoms with van der Waals surface area (Å²) in [5.41, 5.74) is 2.75. The van der Waals surface area contributed by atoms with Crippen molar-refractivity contribution in [1.82, 2.24) is 0 Å². The van der Waals surface area contributed by atoms with E-state index in [1.165, 1.54) is 7.11 Å². The molecule has 0 unspecified atom stereocenters. The number of ether oxygens (including phenoxy) is 3. The summed E-state index contributed by atoms with van der Waals surface area (Å²) in [4.78, 5) is 12.0. The van der Waals surface area contributed by atoms with Gasteiger partial charge in [-0.15, -0.1) is 0 Å². The summed E-state index contributed by atoms with van der Waals surface area (Å²) >= 11 is 3.57. The Morgan fingerprint density at radius 3 is 2.56 bits per heavy atom. The highest BCUT2D eigenvalue weighted by Crippen LogP contribution is 2.48. The van der Waals surface area contributed by atoms with Gasteiger partial charge in [0.15, 0.2) is 11.5 Å². The van der Waals surface area contributed by atoms with Gasteiger partial charge in [0.1, 0.15) is 5.56 Å². The molecular formula is C13H13BrO4. The number of halogens is 1. The van der Waals surface area contributed by atoms with Crippen LogP contribution in [0, 0.1) is 0 Å². The third-order valence-electron chi connectivity index (χ3n) is 3.46. The molecule has 1 aliphatic carbocycles. The van der Waals surface area contributed by atoms with Crippen molar-refractivity contribution in [2.75, 3.05) is 13.9 Å². The fourth-order valence-electron chi connectivity index (χ4n) is 2.64. The van der Waals surface area contributed by atoms with Crippen LogP contribution in [0.1, 0.15) is 34.3 Å². The monoisotopic (exact) mass is 312 g/mol. The van der Waals surface area contributed by atoms with E-state index in [1.807, 2.05) is 0 Å². The van der Waals surface area contributed by atoms with Gasteiger partial charge in [-0.25, -0.2) is 4.79 Å². The van der Waals surface area contributed by atoms with Gasteiger partial charge in [-0.3, -0.25) is 0 Å². The van der Waals surface area contributed by atoms with Crippen LogP contribution in [0.15, 0.2) is 4.47 Å². The van der Waals surface area contributed by atoms with Gasteiger partial charge < -0.3 is 14.2 Å². The summed E-state index contributed by atoms with van der Waals surface area (Å²) in [5.74, 6) is 0.813. The van der Waals surface area contributed by atoms with Crippen LogP contribution in [-0.2, 0) is 17.6 Å². The van der Waals surface area contributed by atoms with Crippen LogP contribution in [0.3, 0.4) is 0 Å². The van der Waals surface area contributed by atoms with Crippen molar-refractivity contribution in [3.05, 3.63) is 21.2 Å². The van der Waals surface area contributed by atoms with E-state index in [1.54, 1.807) is 0 Å². The predicted molar refractivity (Wildman–Crippen MR) is 68.2 cm³/mol. The van der Waals surface area contributed by atoms with Gasteiger partial charge in [0.05, 0.1) is 11.6 Å². The first kappa shape index (κ1) is 11.8. The Morgan fingerprint density at radius 2 is 1.83 bits per heavy atom. The molecule has 0 saturated carbocycles. The van der Waals surface area contributed by atoms with Crippen molar-refractivity contribution in [2.45, 2.75) is 25.7 Å². The van der Waals surface area contributed by atoms with Crippen LogP contribution >= 0.6 is 15.9 Å². The lowest BCUT2D eigenvalue weighted by molar-refractivity contribution is 0.0594. The molecule has 0 amide bonds. The second-order valence-corrected chi connectivity index (χ2v) is 5.20. The van der Waals surface area contributed by atoms with Crippen LogP contribution < -0.4 is 9.47 Å². The number of benzene rings is 1. The van der Waals surface area contributed by atoms with E-state index in [9.17, 15) is 4.79 Å². The van der Waals surface area contributed by atoms with Crippen molar-refractivity contribution < 1.29 is 19.0 Å². The van der Waals surface area contributed by atoms with Gasteiger partial charge in [-0.05, 0) is 52.7 Å². The first-order valence-corrected chi connectivity index (χ1v) is 6.74. The topological polar surface area (TPSA) is 44.8 Å². The fraction of sp³-hybridized carbons (Fsp3) is 0.462. The summed E-state index contributed by atoms with van der Waals surface area (Å²) in [6.07, 6.45) is 4.06. The summed E-state index contributed by atoms with van der Waals surface area (Å²) in [6.45, 7) is 0.154. The number of carbonyl (C=O) groups is 1. The van der Waals surface area contributed by atoms with Crippen molar-refractivity contribution >= 4 is 21.9 Å². The number of methoxy groups -OCH3 is 1. The smallest absolute Gasteiger partial charge is 0.342 e. The van der Waals surface area contributed by atoms with E-state index >= 15 is 0 Å². The molecule has 2 aliphatic rings. The van der Waals surface area contributed by atoms with E-state index in [0.29, 0.717) is 17.1 Å². The number of hydrogen-bond donors (Lipinski definition) is 0. The maximum Gasteiger partial charge on any atom is 0.342 e. The first-order chi connectivity index (χ1) is 8.74. The largest absolute Gasteiger partial charge is 0.465 e. The minimum absolute atomic E-state index is 0.154. The van der Waals surface area contributed by atoms with Crippen molar-refractivity contribution in [2.24, 2.45) is 0 Å². The van der Waals surface area contributed by atoms with E-state index in [2.05, 4.69) is 15.9 Å². The standard InChI is InChI=1S/C13H13BrO4/c1-16-13(15)9-7-4-2-3-5-8(7)10(14)12-11(9)17-6-18-12/h2-6H2,1H3. The van der Waals surface area contributed by atoms with Crippen LogP contribution in [0.25, 0.3) is 0 Å². The Hall–Kier alpha value is -1.23. The summed E-state index contributed by atoms with van der Waals surface area (Å²) in [7, 11) is 1.39. The number of fused-ring (bicyclic) bond motifs is 2. The molecule has 18 heavy (non-hydrogen) atoms. The highest BCUT2D eigenvalue weighted by atomic mass is 79.9. The maximum atomic E-state index is 12.0. The zero-order valence-electron chi connectivity index (χ0n) is 10.0. The second kappa shape index (κ2) is 4.46. The lowest BCUT2D eigenvalue weighted by Gasteiger charge is -2.21. The molecule has 0 atom stereocenters. The molecule has 0 saturated heterocycles. The Labute approximate surface area is 113 Å². The molecule has 1 heterocycles. The quantitative estimate of drug-likeness (QED) is 0.748. The summed E-state index contributed by atoms with van der Waals surface area (Å²) in [6, 6.07) is 0. The average Bonchev–Trinajstić information content (AvgIpc) is 2.88. The van der Waals surface area contributed by atoms with Crippen molar-refractivity contribution in [3.63, 3.8) is 0 Å². The summed E-state index contributed by atoms with van der Waals surface area (Å²) < 4.78 is 16.7. The van der Waals surface area contributed by atoms with Gasteiger partial charge in [-0.2, -0.15) is 0 Å². The molecular weight excluding hydrogens is 300 g/mol. The van der Waals surface area contributed by atoms with Gasteiger partial charge in [0, 0.05) is 0 Å². The van der Waals surface area contributed by atoms with E-state index in [0.717, 1.165) is 41.3 Å². The number of hydrogen-bond acceptors (Lipinski definition) is 4.